The molecular formula is C24H24N2O4S. The van der Waals surface area contributed by atoms with E-state index in [1.165, 1.54) is 4.31 Å². The second-order valence-corrected chi connectivity index (χ2v) is 9.53. The minimum atomic E-state index is -3.73. The van der Waals surface area contributed by atoms with Gasteiger partial charge in [0.05, 0.1) is 18.0 Å². The summed E-state index contributed by atoms with van der Waals surface area (Å²) >= 11 is 0. The molecule has 1 amide bonds. The van der Waals surface area contributed by atoms with Crippen LogP contribution in [0.4, 0.5) is 11.4 Å². The summed E-state index contributed by atoms with van der Waals surface area (Å²) in [6.07, 6.45) is -0.970. The second-order valence-electron chi connectivity index (χ2n) is 7.64. The summed E-state index contributed by atoms with van der Waals surface area (Å²) in [6, 6.07) is 21.5. The zero-order chi connectivity index (χ0) is 22.0. The largest absolute Gasteiger partial charge is 0.476 e. The maximum atomic E-state index is 13.3. The molecule has 0 saturated carbocycles. The lowest BCUT2D eigenvalue weighted by atomic mass is 10.1. The molecule has 4 rings (SSSR count). The van der Waals surface area contributed by atoms with E-state index in [1.807, 2.05) is 38.1 Å². The van der Waals surface area contributed by atoms with Crippen LogP contribution in [0.1, 0.15) is 16.7 Å². The van der Waals surface area contributed by atoms with Crippen LogP contribution in [0.3, 0.4) is 0 Å². The van der Waals surface area contributed by atoms with Gasteiger partial charge in [-0.15, -0.1) is 0 Å². The Bertz CT molecular complexity index is 1210. The number of ether oxygens (including phenoxy) is 1. The van der Waals surface area contributed by atoms with E-state index in [0.717, 1.165) is 11.1 Å². The highest BCUT2D eigenvalue weighted by molar-refractivity contribution is 7.92. The molecule has 3 aromatic carbocycles. The third-order valence-electron chi connectivity index (χ3n) is 5.33. The van der Waals surface area contributed by atoms with E-state index in [4.69, 9.17) is 4.74 Å². The first-order valence-electron chi connectivity index (χ1n) is 10.0. The predicted molar refractivity (Wildman–Crippen MR) is 122 cm³/mol. The van der Waals surface area contributed by atoms with E-state index in [9.17, 15) is 13.2 Å². The molecule has 1 N–H and O–H groups in total. The van der Waals surface area contributed by atoms with Crippen molar-refractivity contribution in [2.75, 3.05) is 16.2 Å². The predicted octanol–water partition coefficient (Wildman–Crippen LogP) is 4.04. The Labute approximate surface area is 182 Å². The molecule has 1 aliphatic rings. The average Bonchev–Trinajstić information content (AvgIpc) is 2.76. The number of benzene rings is 3. The van der Waals surface area contributed by atoms with Gasteiger partial charge in [-0.05, 0) is 54.8 Å². The summed E-state index contributed by atoms with van der Waals surface area (Å²) in [5, 5.41) is 2.85. The molecule has 1 atom stereocenters. The number of anilines is 2. The lowest BCUT2D eigenvalue weighted by molar-refractivity contribution is -0.122. The van der Waals surface area contributed by atoms with Crippen molar-refractivity contribution in [3.05, 3.63) is 89.5 Å². The first-order chi connectivity index (χ1) is 14.8. The van der Waals surface area contributed by atoms with Crippen LogP contribution in [0.15, 0.2) is 72.8 Å². The van der Waals surface area contributed by atoms with Gasteiger partial charge < -0.3 is 10.1 Å². The van der Waals surface area contributed by atoms with Gasteiger partial charge in [-0.2, -0.15) is 0 Å². The molecule has 1 aliphatic heterocycles. The van der Waals surface area contributed by atoms with E-state index < -0.39 is 22.0 Å². The van der Waals surface area contributed by atoms with Gasteiger partial charge in [0.15, 0.2) is 6.10 Å². The monoisotopic (exact) mass is 436 g/mol. The second kappa shape index (κ2) is 8.43. The number of amides is 1. The minimum Gasteiger partial charge on any atom is -0.476 e. The van der Waals surface area contributed by atoms with Gasteiger partial charge in [0.25, 0.3) is 5.91 Å². The number of carbonyl (C=O) groups excluding carboxylic acids is 1. The molecule has 0 fully saturated rings. The molecule has 0 aromatic heterocycles. The number of hydrogen-bond donors (Lipinski definition) is 1. The number of nitrogens with zero attached hydrogens (tertiary/aromatic N) is 1. The number of carbonyl (C=O) groups is 1. The van der Waals surface area contributed by atoms with E-state index in [2.05, 4.69) is 5.32 Å². The average molecular weight is 437 g/mol. The van der Waals surface area contributed by atoms with Crippen LogP contribution in [0.5, 0.6) is 5.75 Å². The quantitative estimate of drug-likeness (QED) is 0.655. The maximum Gasteiger partial charge on any atom is 0.267 e. The zero-order valence-electron chi connectivity index (χ0n) is 17.4. The fourth-order valence-electron chi connectivity index (χ4n) is 3.51. The van der Waals surface area contributed by atoms with Crippen molar-refractivity contribution < 1.29 is 17.9 Å². The van der Waals surface area contributed by atoms with Gasteiger partial charge >= 0.3 is 0 Å². The van der Waals surface area contributed by atoms with Crippen LogP contribution in [-0.4, -0.2) is 27.0 Å². The van der Waals surface area contributed by atoms with Gasteiger partial charge in [-0.1, -0.05) is 48.5 Å². The SMILES string of the molecule is Cc1ccc(NC(=O)C2CN(S(=O)(=O)Cc3ccccc3)c3ccccc3O2)cc1C. The van der Waals surface area contributed by atoms with Crippen LogP contribution < -0.4 is 14.4 Å². The minimum absolute atomic E-state index is 0.0944. The number of para-hydroxylation sites is 2. The molecule has 0 aliphatic carbocycles. The summed E-state index contributed by atoms with van der Waals surface area (Å²) in [7, 11) is -3.73. The fourth-order valence-corrected chi connectivity index (χ4v) is 5.09. The first-order valence-corrected chi connectivity index (χ1v) is 11.6. The number of nitrogens with one attached hydrogen (secondary N) is 1. The van der Waals surface area contributed by atoms with Gasteiger partial charge in [0.2, 0.25) is 10.0 Å². The number of hydrogen-bond acceptors (Lipinski definition) is 4. The summed E-state index contributed by atoms with van der Waals surface area (Å²) < 4.78 is 33.7. The number of aryl methyl sites for hydroxylation is 2. The summed E-state index contributed by atoms with van der Waals surface area (Å²) in [5.41, 5.74) is 3.95. The summed E-state index contributed by atoms with van der Waals surface area (Å²) in [6.45, 7) is 3.87. The molecule has 0 radical (unpaired) electrons. The van der Waals surface area contributed by atoms with Gasteiger partial charge in [0.1, 0.15) is 5.75 Å². The zero-order valence-corrected chi connectivity index (χ0v) is 18.2. The van der Waals surface area contributed by atoms with E-state index in [0.29, 0.717) is 22.7 Å². The highest BCUT2D eigenvalue weighted by atomic mass is 32.2. The van der Waals surface area contributed by atoms with E-state index >= 15 is 0 Å². The smallest absolute Gasteiger partial charge is 0.267 e. The molecule has 0 saturated heterocycles. The Morgan fingerprint density at radius 2 is 1.71 bits per heavy atom. The molecule has 0 spiro atoms. The van der Waals surface area contributed by atoms with Gasteiger partial charge in [0, 0.05) is 5.69 Å². The van der Waals surface area contributed by atoms with Crippen LogP contribution >= 0.6 is 0 Å². The Hall–Kier alpha value is -3.32. The van der Waals surface area contributed by atoms with Crippen molar-refractivity contribution in [1.29, 1.82) is 0 Å². The maximum absolute atomic E-state index is 13.3. The third kappa shape index (κ3) is 4.56. The van der Waals surface area contributed by atoms with Crippen molar-refractivity contribution in [2.45, 2.75) is 25.7 Å². The fraction of sp³-hybridized carbons (Fsp3) is 0.208. The Balaban J connectivity index is 1.60. The molecule has 160 valence electrons. The summed E-state index contributed by atoms with van der Waals surface area (Å²) in [4.78, 5) is 12.9. The number of sulfonamides is 1. The molecular weight excluding hydrogens is 412 g/mol. The molecule has 3 aromatic rings. The molecule has 1 unspecified atom stereocenters. The first kappa shape index (κ1) is 20.9. The molecule has 1 heterocycles. The molecule has 31 heavy (non-hydrogen) atoms. The standard InChI is InChI=1S/C24H24N2O4S/c1-17-12-13-20(14-18(17)2)25-24(27)23-15-26(21-10-6-7-11-22(21)30-23)31(28,29)16-19-8-4-3-5-9-19/h3-14,23H,15-16H2,1-2H3,(H,25,27). The molecule has 0 bridgehead atoms. The lowest BCUT2D eigenvalue weighted by Gasteiger charge is -2.34. The molecule has 6 nitrogen and oxygen atoms in total. The van der Waals surface area contributed by atoms with Crippen LogP contribution in [0.2, 0.25) is 0 Å². The number of fused-ring (bicyclic) bond motifs is 1. The van der Waals surface area contributed by atoms with Crippen LogP contribution in [0.25, 0.3) is 0 Å². The Morgan fingerprint density at radius 3 is 2.45 bits per heavy atom. The van der Waals surface area contributed by atoms with Crippen molar-refractivity contribution in [2.24, 2.45) is 0 Å². The van der Waals surface area contributed by atoms with Crippen LogP contribution in [0, 0.1) is 13.8 Å². The lowest BCUT2D eigenvalue weighted by Crippen LogP contribution is -2.49. The van der Waals surface area contributed by atoms with Crippen molar-refractivity contribution in [1.82, 2.24) is 0 Å². The van der Waals surface area contributed by atoms with Crippen molar-refractivity contribution in [3.63, 3.8) is 0 Å². The van der Waals surface area contributed by atoms with Crippen molar-refractivity contribution >= 4 is 27.3 Å². The Morgan fingerprint density at radius 1 is 1.00 bits per heavy atom. The van der Waals surface area contributed by atoms with E-state index in [-0.39, 0.29) is 12.3 Å². The van der Waals surface area contributed by atoms with E-state index in [1.54, 1.807) is 48.5 Å². The van der Waals surface area contributed by atoms with Gasteiger partial charge in [-0.3, -0.25) is 9.10 Å². The topological polar surface area (TPSA) is 75.7 Å². The Kier molecular flexibility index (Phi) is 5.69. The third-order valence-corrected chi connectivity index (χ3v) is 7.04. The molecule has 7 heteroatoms. The highest BCUT2D eigenvalue weighted by Gasteiger charge is 2.36. The number of rotatable bonds is 5. The normalized spacial score (nSPS) is 15.7. The highest BCUT2D eigenvalue weighted by Crippen LogP contribution is 2.36. The van der Waals surface area contributed by atoms with Gasteiger partial charge in [-0.25, -0.2) is 8.42 Å². The van der Waals surface area contributed by atoms with Crippen LogP contribution in [-0.2, 0) is 20.6 Å². The summed E-state index contributed by atoms with van der Waals surface area (Å²) in [5.74, 6) is -0.184. The van der Waals surface area contributed by atoms with Crippen molar-refractivity contribution in [3.8, 4) is 5.75 Å².